The van der Waals surface area contributed by atoms with Gasteiger partial charge in [0.25, 0.3) is 0 Å². The van der Waals surface area contributed by atoms with Crippen molar-refractivity contribution in [3.8, 4) is 5.75 Å². The molecular formula is C25H27NO4S. The smallest absolute Gasteiger partial charge is 0.243 e. The van der Waals surface area contributed by atoms with E-state index in [9.17, 15) is 13.5 Å². The van der Waals surface area contributed by atoms with Crippen LogP contribution in [0.3, 0.4) is 0 Å². The third-order valence-corrected chi connectivity index (χ3v) is 7.82. The summed E-state index contributed by atoms with van der Waals surface area (Å²) in [4.78, 5) is 0.245. The van der Waals surface area contributed by atoms with Gasteiger partial charge in [-0.3, -0.25) is 0 Å². The van der Waals surface area contributed by atoms with Gasteiger partial charge in [0.05, 0.1) is 17.0 Å². The number of rotatable bonds is 5. The van der Waals surface area contributed by atoms with Crippen molar-refractivity contribution >= 4 is 10.0 Å². The summed E-state index contributed by atoms with van der Waals surface area (Å²) in [6.45, 7) is 4.42. The van der Waals surface area contributed by atoms with E-state index in [0.717, 1.165) is 22.3 Å². The quantitative estimate of drug-likeness (QED) is 0.648. The standard InChI is InChI=1S/C25H27NO4S/c1-18-8-11-23(12-9-18)31(28,29)26-15-14-21-16-22(10-13-24(21)25(27)19(26)2)30-17-20-6-4-3-5-7-20/h3-13,16,19,25,27H,14-15,17H2,1-2H3/t19-,25-/m1/s1. The summed E-state index contributed by atoms with van der Waals surface area (Å²) in [5.41, 5.74) is 3.73. The molecule has 0 aromatic heterocycles. The van der Waals surface area contributed by atoms with Crippen LogP contribution in [0.25, 0.3) is 0 Å². The summed E-state index contributed by atoms with van der Waals surface area (Å²) in [6.07, 6.45) is -0.412. The minimum atomic E-state index is -3.72. The number of sulfonamides is 1. The van der Waals surface area contributed by atoms with Gasteiger partial charge >= 0.3 is 0 Å². The average molecular weight is 438 g/mol. The maximum Gasteiger partial charge on any atom is 0.243 e. The third-order valence-electron chi connectivity index (χ3n) is 5.82. The molecule has 0 amide bonds. The van der Waals surface area contributed by atoms with Gasteiger partial charge < -0.3 is 9.84 Å². The van der Waals surface area contributed by atoms with E-state index in [1.54, 1.807) is 31.2 Å². The zero-order valence-electron chi connectivity index (χ0n) is 17.7. The minimum absolute atomic E-state index is 0.245. The number of ether oxygens (including phenoxy) is 1. The van der Waals surface area contributed by atoms with E-state index in [2.05, 4.69) is 0 Å². The second-order valence-electron chi connectivity index (χ2n) is 8.00. The number of benzene rings is 3. The van der Waals surface area contributed by atoms with E-state index in [1.165, 1.54) is 4.31 Å². The van der Waals surface area contributed by atoms with Crippen LogP contribution in [0.15, 0.2) is 77.7 Å². The Balaban J connectivity index is 1.56. The van der Waals surface area contributed by atoms with Crippen molar-refractivity contribution in [1.29, 1.82) is 0 Å². The molecule has 1 aliphatic rings. The van der Waals surface area contributed by atoms with Crippen LogP contribution in [0.5, 0.6) is 5.75 Å². The fraction of sp³-hybridized carbons (Fsp3) is 0.280. The first-order valence-corrected chi connectivity index (χ1v) is 11.9. The summed E-state index contributed by atoms with van der Waals surface area (Å²) in [5.74, 6) is 0.706. The second-order valence-corrected chi connectivity index (χ2v) is 9.89. The van der Waals surface area contributed by atoms with Gasteiger partial charge in [0, 0.05) is 6.54 Å². The Bertz CT molecular complexity index is 1140. The molecule has 2 atom stereocenters. The fourth-order valence-corrected chi connectivity index (χ4v) is 5.59. The predicted molar refractivity (Wildman–Crippen MR) is 120 cm³/mol. The molecule has 162 valence electrons. The molecule has 5 nitrogen and oxygen atoms in total. The Morgan fingerprint density at radius 3 is 2.45 bits per heavy atom. The number of nitrogens with zero attached hydrogens (tertiary/aromatic N) is 1. The molecule has 3 aromatic rings. The van der Waals surface area contributed by atoms with Crippen molar-refractivity contribution in [2.45, 2.75) is 43.9 Å². The number of hydrogen-bond acceptors (Lipinski definition) is 4. The monoisotopic (exact) mass is 437 g/mol. The average Bonchev–Trinajstić information content (AvgIpc) is 2.90. The first-order chi connectivity index (χ1) is 14.9. The predicted octanol–water partition coefficient (Wildman–Crippen LogP) is 4.24. The highest BCUT2D eigenvalue weighted by molar-refractivity contribution is 7.89. The second kappa shape index (κ2) is 8.83. The Morgan fingerprint density at radius 1 is 1.03 bits per heavy atom. The Morgan fingerprint density at radius 2 is 1.74 bits per heavy atom. The summed E-state index contributed by atoms with van der Waals surface area (Å²) < 4.78 is 33.9. The maximum atomic E-state index is 13.3. The van der Waals surface area contributed by atoms with E-state index >= 15 is 0 Å². The maximum absolute atomic E-state index is 13.3. The highest BCUT2D eigenvalue weighted by Crippen LogP contribution is 2.34. The van der Waals surface area contributed by atoms with E-state index in [-0.39, 0.29) is 4.90 Å². The zero-order valence-corrected chi connectivity index (χ0v) is 18.5. The lowest BCUT2D eigenvalue weighted by Crippen LogP contribution is -2.41. The summed E-state index contributed by atoms with van der Waals surface area (Å²) in [7, 11) is -3.72. The van der Waals surface area contributed by atoms with Gasteiger partial charge in [-0.2, -0.15) is 4.31 Å². The van der Waals surface area contributed by atoms with Gasteiger partial charge in [0.15, 0.2) is 0 Å². The topological polar surface area (TPSA) is 66.8 Å². The van der Waals surface area contributed by atoms with Gasteiger partial charge in [0.1, 0.15) is 12.4 Å². The lowest BCUT2D eigenvalue weighted by atomic mass is 9.98. The van der Waals surface area contributed by atoms with Gasteiger partial charge in [-0.15, -0.1) is 0 Å². The Hall–Kier alpha value is -2.67. The van der Waals surface area contributed by atoms with Crippen molar-refractivity contribution in [2.75, 3.05) is 6.54 Å². The van der Waals surface area contributed by atoms with E-state index in [4.69, 9.17) is 4.74 Å². The summed E-state index contributed by atoms with van der Waals surface area (Å²) in [6, 6.07) is 21.7. The number of hydrogen-bond donors (Lipinski definition) is 1. The molecule has 1 N–H and O–H groups in total. The molecule has 0 bridgehead atoms. The number of aryl methyl sites for hydroxylation is 1. The van der Waals surface area contributed by atoms with E-state index in [1.807, 2.05) is 55.5 Å². The largest absolute Gasteiger partial charge is 0.489 e. The molecule has 3 aromatic carbocycles. The van der Waals surface area contributed by atoms with Crippen LogP contribution in [0.2, 0.25) is 0 Å². The van der Waals surface area contributed by atoms with E-state index < -0.39 is 22.2 Å². The molecular weight excluding hydrogens is 410 g/mol. The number of aliphatic hydroxyl groups excluding tert-OH is 1. The van der Waals surface area contributed by atoms with Crippen molar-refractivity contribution in [1.82, 2.24) is 4.31 Å². The van der Waals surface area contributed by atoms with Crippen molar-refractivity contribution < 1.29 is 18.3 Å². The summed E-state index contributed by atoms with van der Waals surface area (Å²) in [5, 5.41) is 11.0. The van der Waals surface area contributed by atoms with Crippen LogP contribution in [0.1, 0.15) is 35.3 Å². The van der Waals surface area contributed by atoms with Crippen LogP contribution in [-0.4, -0.2) is 30.4 Å². The molecule has 0 saturated heterocycles. The van der Waals surface area contributed by atoms with Crippen LogP contribution in [0.4, 0.5) is 0 Å². The number of aliphatic hydroxyl groups is 1. The molecule has 4 rings (SSSR count). The minimum Gasteiger partial charge on any atom is -0.489 e. The van der Waals surface area contributed by atoms with Gasteiger partial charge in [-0.25, -0.2) is 8.42 Å². The van der Waals surface area contributed by atoms with Gasteiger partial charge in [0.2, 0.25) is 10.0 Å². The molecule has 0 aliphatic carbocycles. The van der Waals surface area contributed by atoms with Crippen LogP contribution >= 0.6 is 0 Å². The first kappa shape index (κ1) is 21.6. The van der Waals surface area contributed by atoms with Crippen LogP contribution in [0, 0.1) is 6.92 Å². The fourth-order valence-electron chi connectivity index (χ4n) is 3.95. The third kappa shape index (κ3) is 4.51. The zero-order chi connectivity index (χ0) is 22.0. The van der Waals surface area contributed by atoms with E-state index in [0.29, 0.717) is 25.3 Å². The molecule has 6 heteroatoms. The molecule has 31 heavy (non-hydrogen) atoms. The molecule has 0 fully saturated rings. The Labute approximate surface area is 184 Å². The SMILES string of the molecule is Cc1ccc(S(=O)(=O)N2CCc3cc(OCc4ccccc4)ccc3[C@H](O)[C@H]2C)cc1. The van der Waals surface area contributed by atoms with Crippen LogP contribution in [-0.2, 0) is 23.1 Å². The van der Waals surface area contributed by atoms with Crippen molar-refractivity contribution in [3.05, 3.63) is 95.1 Å². The highest BCUT2D eigenvalue weighted by Gasteiger charge is 2.36. The summed E-state index contributed by atoms with van der Waals surface area (Å²) >= 11 is 0. The number of fused-ring (bicyclic) bond motifs is 1. The Kier molecular flexibility index (Phi) is 6.14. The molecule has 0 spiro atoms. The lowest BCUT2D eigenvalue weighted by Gasteiger charge is -2.29. The molecule has 0 radical (unpaired) electrons. The molecule has 0 saturated carbocycles. The first-order valence-electron chi connectivity index (χ1n) is 10.4. The van der Waals surface area contributed by atoms with Gasteiger partial charge in [-0.1, -0.05) is 54.1 Å². The van der Waals surface area contributed by atoms with Crippen molar-refractivity contribution in [2.24, 2.45) is 0 Å². The highest BCUT2D eigenvalue weighted by atomic mass is 32.2. The van der Waals surface area contributed by atoms with Crippen LogP contribution < -0.4 is 4.74 Å². The molecule has 1 heterocycles. The lowest BCUT2D eigenvalue weighted by molar-refractivity contribution is 0.104. The van der Waals surface area contributed by atoms with Crippen molar-refractivity contribution in [3.63, 3.8) is 0 Å². The molecule has 1 aliphatic heterocycles. The molecule has 0 unspecified atom stereocenters. The normalized spacial score (nSPS) is 19.5. The van der Waals surface area contributed by atoms with Gasteiger partial charge in [-0.05, 0) is 61.2 Å².